The fourth-order valence-electron chi connectivity index (χ4n) is 1.96. The van der Waals surface area contributed by atoms with E-state index in [-0.39, 0.29) is 18.1 Å². The number of phenolic OH excluding ortho intramolecular Hbond substituents is 2. The van der Waals surface area contributed by atoms with E-state index in [2.05, 4.69) is 15.3 Å². The normalized spacial score (nSPS) is 11.1. The first-order valence-corrected chi connectivity index (χ1v) is 7.92. The lowest BCUT2D eigenvalue weighted by Gasteiger charge is -2.05. The van der Waals surface area contributed by atoms with E-state index >= 15 is 0 Å². The summed E-state index contributed by atoms with van der Waals surface area (Å²) in [5.74, 6) is 0.677. The molecule has 2 aromatic carbocycles. The number of ether oxygens (including phenoxy) is 1. The first-order valence-electron chi connectivity index (χ1n) is 7.14. The third-order valence-electron chi connectivity index (χ3n) is 3.22. The van der Waals surface area contributed by atoms with Gasteiger partial charge in [0.2, 0.25) is 4.77 Å². The molecule has 0 atom stereocenters. The highest BCUT2D eigenvalue weighted by molar-refractivity contribution is 7.71. The van der Waals surface area contributed by atoms with Crippen LogP contribution in [0.3, 0.4) is 0 Å². The molecule has 1 aromatic heterocycles. The van der Waals surface area contributed by atoms with Gasteiger partial charge in [0.05, 0.1) is 6.21 Å². The quantitative estimate of drug-likeness (QED) is 0.360. The SMILES string of the molecule is Oc1ccc(/C=N/n2c(COc3ccc(Cl)cc3)n[nH]c2=S)cc1O. The molecule has 3 rings (SSSR count). The van der Waals surface area contributed by atoms with Crippen LogP contribution in [0.2, 0.25) is 5.02 Å². The minimum absolute atomic E-state index is 0.146. The number of aromatic nitrogens is 3. The standard InChI is InChI=1S/C16H13ClN4O3S/c17-11-2-4-12(5-3-11)24-9-15-19-20-16(25)21(15)18-8-10-1-6-13(22)14(23)7-10/h1-8,22-23H,9H2,(H,20,25)/b18-8+. The molecule has 128 valence electrons. The lowest BCUT2D eigenvalue weighted by Crippen LogP contribution is -2.04. The van der Waals surface area contributed by atoms with Gasteiger partial charge in [0.15, 0.2) is 17.3 Å². The van der Waals surface area contributed by atoms with E-state index in [4.69, 9.17) is 28.6 Å². The minimum atomic E-state index is -0.231. The van der Waals surface area contributed by atoms with Gasteiger partial charge in [-0.1, -0.05) is 11.6 Å². The van der Waals surface area contributed by atoms with E-state index in [1.165, 1.54) is 23.0 Å². The number of nitrogens with one attached hydrogen (secondary N) is 1. The Labute approximate surface area is 152 Å². The fourth-order valence-corrected chi connectivity index (χ4v) is 2.28. The molecule has 7 nitrogen and oxygen atoms in total. The summed E-state index contributed by atoms with van der Waals surface area (Å²) >= 11 is 11.0. The highest BCUT2D eigenvalue weighted by Crippen LogP contribution is 2.24. The number of hydrogen-bond acceptors (Lipinski definition) is 6. The van der Waals surface area contributed by atoms with Crippen molar-refractivity contribution in [3.8, 4) is 17.2 Å². The third kappa shape index (κ3) is 4.17. The van der Waals surface area contributed by atoms with Crippen molar-refractivity contribution in [2.45, 2.75) is 6.61 Å². The van der Waals surface area contributed by atoms with E-state index < -0.39 is 0 Å². The molecule has 0 bridgehead atoms. The topological polar surface area (TPSA) is 95.7 Å². The van der Waals surface area contributed by atoms with Gasteiger partial charge in [-0.15, -0.1) is 0 Å². The number of aromatic amines is 1. The lowest BCUT2D eigenvalue weighted by atomic mass is 10.2. The molecule has 0 amide bonds. The maximum atomic E-state index is 9.51. The predicted molar refractivity (Wildman–Crippen MR) is 96.0 cm³/mol. The molecular formula is C16H13ClN4O3S. The van der Waals surface area contributed by atoms with Crippen LogP contribution < -0.4 is 4.74 Å². The van der Waals surface area contributed by atoms with E-state index in [1.54, 1.807) is 30.3 Å². The van der Waals surface area contributed by atoms with Crippen LogP contribution >= 0.6 is 23.8 Å². The van der Waals surface area contributed by atoms with Crippen molar-refractivity contribution in [2.24, 2.45) is 5.10 Å². The molecule has 0 saturated heterocycles. The van der Waals surface area contributed by atoms with Gasteiger partial charge in [-0.05, 0) is 60.2 Å². The number of H-pyrrole nitrogens is 1. The maximum absolute atomic E-state index is 9.51. The Bertz CT molecular complexity index is 966. The minimum Gasteiger partial charge on any atom is -0.504 e. The molecular weight excluding hydrogens is 364 g/mol. The average Bonchev–Trinajstić information content (AvgIpc) is 2.95. The Morgan fingerprint density at radius 3 is 2.68 bits per heavy atom. The van der Waals surface area contributed by atoms with Gasteiger partial charge in [0.25, 0.3) is 0 Å². The maximum Gasteiger partial charge on any atom is 0.216 e. The van der Waals surface area contributed by atoms with Gasteiger partial charge in [0.1, 0.15) is 12.4 Å². The van der Waals surface area contributed by atoms with Crippen molar-refractivity contribution in [3.63, 3.8) is 0 Å². The molecule has 0 unspecified atom stereocenters. The molecule has 0 aliphatic carbocycles. The van der Waals surface area contributed by atoms with E-state index in [0.717, 1.165) is 0 Å². The number of phenols is 2. The fraction of sp³-hybridized carbons (Fsp3) is 0.0625. The third-order valence-corrected chi connectivity index (χ3v) is 3.74. The summed E-state index contributed by atoms with van der Waals surface area (Å²) in [4.78, 5) is 0. The first kappa shape index (κ1) is 17.0. The Balaban J connectivity index is 1.76. The highest BCUT2D eigenvalue weighted by atomic mass is 35.5. The monoisotopic (exact) mass is 376 g/mol. The zero-order valence-corrected chi connectivity index (χ0v) is 14.3. The second-order valence-corrected chi connectivity index (χ2v) is 5.82. The van der Waals surface area contributed by atoms with Crippen LogP contribution in [-0.2, 0) is 6.61 Å². The zero-order chi connectivity index (χ0) is 17.8. The van der Waals surface area contributed by atoms with Crippen molar-refractivity contribution in [1.82, 2.24) is 14.9 Å². The Morgan fingerprint density at radius 1 is 1.20 bits per heavy atom. The summed E-state index contributed by atoms with van der Waals surface area (Å²) in [7, 11) is 0. The summed E-state index contributed by atoms with van der Waals surface area (Å²) in [6.07, 6.45) is 1.48. The Morgan fingerprint density at radius 2 is 1.96 bits per heavy atom. The molecule has 0 radical (unpaired) electrons. The second-order valence-electron chi connectivity index (χ2n) is 4.99. The van der Waals surface area contributed by atoms with E-state index in [0.29, 0.717) is 26.9 Å². The van der Waals surface area contributed by atoms with Gasteiger partial charge in [-0.2, -0.15) is 14.9 Å². The second kappa shape index (κ2) is 7.37. The summed E-state index contributed by atoms with van der Waals surface area (Å²) in [5.41, 5.74) is 0.586. The Hall–Kier alpha value is -2.84. The van der Waals surface area contributed by atoms with Crippen LogP contribution in [-0.4, -0.2) is 31.3 Å². The highest BCUT2D eigenvalue weighted by Gasteiger charge is 2.06. The molecule has 0 aliphatic heterocycles. The number of nitrogens with zero attached hydrogens (tertiary/aromatic N) is 3. The summed E-state index contributed by atoms with van der Waals surface area (Å²) in [5, 5.41) is 30.4. The summed E-state index contributed by atoms with van der Waals surface area (Å²) in [6, 6.07) is 11.3. The Kier molecular flexibility index (Phi) is 5.01. The van der Waals surface area contributed by atoms with Crippen LogP contribution in [0, 0.1) is 4.77 Å². The first-order chi connectivity index (χ1) is 12.0. The van der Waals surface area contributed by atoms with Gasteiger partial charge in [-0.3, -0.25) is 0 Å². The number of aromatic hydroxyl groups is 2. The van der Waals surface area contributed by atoms with E-state index in [9.17, 15) is 10.2 Å². The molecule has 0 aliphatic rings. The van der Waals surface area contributed by atoms with Gasteiger partial charge in [-0.25, -0.2) is 5.10 Å². The van der Waals surface area contributed by atoms with Crippen molar-refractivity contribution in [1.29, 1.82) is 0 Å². The smallest absolute Gasteiger partial charge is 0.216 e. The number of rotatable bonds is 5. The van der Waals surface area contributed by atoms with Crippen LogP contribution in [0.25, 0.3) is 0 Å². The van der Waals surface area contributed by atoms with E-state index in [1.807, 2.05) is 0 Å². The zero-order valence-electron chi connectivity index (χ0n) is 12.8. The summed E-state index contributed by atoms with van der Waals surface area (Å²) in [6.45, 7) is 0.146. The molecule has 3 aromatic rings. The number of hydrogen-bond donors (Lipinski definition) is 3. The average molecular weight is 377 g/mol. The molecule has 1 heterocycles. The van der Waals surface area contributed by atoms with Gasteiger partial charge >= 0.3 is 0 Å². The van der Waals surface area contributed by atoms with Crippen molar-refractivity contribution in [3.05, 3.63) is 63.6 Å². The summed E-state index contributed by atoms with van der Waals surface area (Å²) < 4.78 is 7.34. The number of benzene rings is 2. The molecule has 0 saturated carbocycles. The van der Waals surface area contributed by atoms with Gasteiger partial charge in [0, 0.05) is 5.02 Å². The molecule has 25 heavy (non-hydrogen) atoms. The number of halogens is 1. The molecule has 3 N–H and O–H groups in total. The van der Waals surface area contributed by atoms with Gasteiger partial charge < -0.3 is 14.9 Å². The van der Waals surface area contributed by atoms with Crippen molar-refractivity contribution < 1.29 is 14.9 Å². The van der Waals surface area contributed by atoms with Crippen LogP contribution in [0.5, 0.6) is 17.2 Å². The molecule has 9 heteroatoms. The predicted octanol–water partition coefficient (Wildman–Crippen LogP) is 3.47. The van der Waals surface area contributed by atoms with Crippen LogP contribution in [0.15, 0.2) is 47.6 Å². The van der Waals surface area contributed by atoms with Crippen LogP contribution in [0.1, 0.15) is 11.4 Å². The van der Waals surface area contributed by atoms with Crippen molar-refractivity contribution in [2.75, 3.05) is 0 Å². The lowest BCUT2D eigenvalue weighted by molar-refractivity contribution is 0.290. The molecule has 0 fully saturated rings. The van der Waals surface area contributed by atoms with Crippen LogP contribution in [0.4, 0.5) is 0 Å². The molecule has 0 spiro atoms. The van der Waals surface area contributed by atoms with Crippen molar-refractivity contribution >= 4 is 30.0 Å². The largest absolute Gasteiger partial charge is 0.504 e.